The quantitative estimate of drug-likeness (QED) is 0.702. The fourth-order valence-electron chi connectivity index (χ4n) is 3.20. The molecule has 4 N–H and O–H groups in total. The van der Waals surface area contributed by atoms with Crippen molar-refractivity contribution in [1.29, 1.82) is 0 Å². The van der Waals surface area contributed by atoms with E-state index in [1.807, 2.05) is 0 Å². The Kier molecular flexibility index (Phi) is 6.24. The van der Waals surface area contributed by atoms with Crippen LogP contribution in [0, 0.1) is 11.8 Å². The topological polar surface area (TPSA) is 93.8 Å². The van der Waals surface area contributed by atoms with Gasteiger partial charge in [0.1, 0.15) is 11.5 Å². The highest BCUT2D eigenvalue weighted by Gasteiger charge is 2.32. The molecule has 1 aromatic rings. The molecule has 1 aromatic carbocycles. The van der Waals surface area contributed by atoms with E-state index in [1.54, 1.807) is 32.4 Å². The third-order valence-corrected chi connectivity index (χ3v) is 4.56. The van der Waals surface area contributed by atoms with E-state index in [1.165, 1.54) is 0 Å². The van der Waals surface area contributed by atoms with Crippen LogP contribution >= 0.6 is 0 Å². The van der Waals surface area contributed by atoms with Crippen LogP contribution in [0.15, 0.2) is 18.2 Å². The van der Waals surface area contributed by atoms with Crippen molar-refractivity contribution >= 4 is 5.91 Å². The van der Waals surface area contributed by atoms with E-state index in [-0.39, 0.29) is 24.3 Å². The van der Waals surface area contributed by atoms with Gasteiger partial charge >= 0.3 is 0 Å². The van der Waals surface area contributed by atoms with Gasteiger partial charge < -0.3 is 25.6 Å². The Bertz CT molecular complexity index is 535. The van der Waals surface area contributed by atoms with E-state index < -0.39 is 6.10 Å². The maximum absolute atomic E-state index is 12.3. The molecular weight excluding hydrogens is 296 g/mol. The Hall–Kier alpha value is -1.79. The molecule has 128 valence electrons. The summed E-state index contributed by atoms with van der Waals surface area (Å²) in [4.78, 5) is 12.3. The van der Waals surface area contributed by atoms with Gasteiger partial charge in [0.2, 0.25) is 5.91 Å². The van der Waals surface area contributed by atoms with Crippen LogP contribution < -0.4 is 20.5 Å². The number of nitrogens with two attached hydrogens (primary N) is 1. The van der Waals surface area contributed by atoms with Crippen LogP contribution in [0.4, 0.5) is 0 Å². The van der Waals surface area contributed by atoms with E-state index >= 15 is 0 Å². The van der Waals surface area contributed by atoms with Crippen LogP contribution in [0.5, 0.6) is 11.5 Å². The summed E-state index contributed by atoms with van der Waals surface area (Å²) in [7, 11) is 3.10. The van der Waals surface area contributed by atoms with Gasteiger partial charge in [-0.3, -0.25) is 4.79 Å². The smallest absolute Gasteiger partial charge is 0.223 e. The first-order valence-corrected chi connectivity index (χ1v) is 7.98. The molecule has 0 spiro atoms. The van der Waals surface area contributed by atoms with Gasteiger partial charge in [0, 0.05) is 18.0 Å². The zero-order valence-corrected chi connectivity index (χ0v) is 13.7. The Balaban J connectivity index is 1.99. The zero-order valence-electron chi connectivity index (χ0n) is 13.7. The van der Waals surface area contributed by atoms with Gasteiger partial charge in [0.05, 0.1) is 20.3 Å². The van der Waals surface area contributed by atoms with Crippen molar-refractivity contribution in [1.82, 2.24) is 5.32 Å². The molecule has 0 bridgehead atoms. The standard InChI is InChI=1S/C17H26N2O4/c1-22-12-6-7-16(23-2)14(8-12)15(20)10-19-17(21)13-5-3-4-11(13)9-18/h6-8,11,13,15,20H,3-5,9-10,18H2,1-2H3,(H,19,21)/t11-,13-,15?/m1/s1. The monoisotopic (exact) mass is 322 g/mol. The number of aliphatic hydroxyl groups is 1. The molecule has 23 heavy (non-hydrogen) atoms. The van der Waals surface area contributed by atoms with Crippen LogP contribution in [0.2, 0.25) is 0 Å². The first-order valence-electron chi connectivity index (χ1n) is 7.98. The Morgan fingerprint density at radius 2 is 2.17 bits per heavy atom. The van der Waals surface area contributed by atoms with Gasteiger partial charge in [-0.05, 0) is 43.5 Å². The number of aliphatic hydroxyl groups excluding tert-OH is 1. The molecule has 0 saturated heterocycles. The van der Waals surface area contributed by atoms with Crippen molar-refractivity contribution in [2.75, 3.05) is 27.3 Å². The molecule has 1 aliphatic carbocycles. The van der Waals surface area contributed by atoms with Crippen LogP contribution in [-0.4, -0.2) is 38.3 Å². The van der Waals surface area contributed by atoms with E-state index in [2.05, 4.69) is 5.32 Å². The average molecular weight is 322 g/mol. The molecule has 1 saturated carbocycles. The first-order chi connectivity index (χ1) is 11.1. The number of methoxy groups -OCH3 is 2. The highest BCUT2D eigenvalue weighted by molar-refractivity contribution is 5.79. The minimum absolute atomic E-state index is 0.0288. The van der Waals surface area contributed by atoms with Gasteiger partial charge in [0.25, 0.3) is 0 Å². The molecule has 0 radical (unpaired) electrons. The number of carbonyl (C=O) groups excluding carboxylic acids is 1. The molecule has 6 heteroatoms. The van der Waals surface area contributed by atoms with Gasteiger partial charge in [-0.25, -0.2) is 0 Å². The second-order valence-electron chi connectivity index (χ2n) is 5.90. The molecule has 1 fully saturated rings. The van der Waals surface area contributed by atoms with Crippen molar-refractivity contribution in [2.24, 2.45) is 17.6 Å². The first kappa shape index (κ1) is 17.6. The normalized spacial score (nSPS) is 21.7. The maximum atomic E-state index is 12.3. The molecular formula is C17H26N2O4. The predicted octanol–water partition coefficient (Wildman–Crippen LogP) is 1.23. The van der Waals surface area contributed by atoms with Crippen molar-refractivity contribution in [3.8, 4) is 11.5 Å². The Morgan fingerprint density at radius 1 is 1.39 bits per heavy atom. The second-order valence-corrected chi connectivity index (χ2v) is 5.90. The Morgan fingerprint density at radius 3 is 2.83 bits per heavy atom. The van der Waals surface area contributed by atoms with Crippen molar-refractivity contribution in [3.05, 3.63) is 23.8 Å². The number of hydrogen-bond acceptors (Lipinski definition) is 5. The van der Waals surface area contributed by atoms with Crippen molar-refractivity contribution in [2.45, 2.75) is 25.4 Å². The number of rotatable bonds is 7. The third kappa shape index (κ3) is 4.14. The average Bonchev–Trinajstić information content (AvgIpc) is 3.07. The van der Waals surface area contributed by atoms with E-state index in [0.717, 1.165) is 19.3 Å². The third-order valence-electron chi connectivity index (χ3n) is 4.56. The van der Waals surface area contributed by atoms with Crippen LogP contribution in [0.1, 0.15) is 30.9 Å². The van der Waals surface area contributed by atoms with Crippen LogP contribution in [-0.2, 0) is 4.79 Å². The second kappa shape index (κ2) is 8.17. The summed E-state index contributed by atoms with van der Waals surface area (Å²) in [6.45, 7) is 0.667. The zero-order chi connectivity index (χ0) is 16.8. The number of carbonyl (C=O) groups is 1. The molecule has 0 aromatic heterocycles. The van der Waals surface area contributed by atoms with Gasteiger partial charge in [-0.15, -0.1) is 0 Å². The molecule has 2 rings (SSSR count). The molecule has 3 atom stereocenters. The minimum atomic E-state index is -0.860. The summed E-state index contributed by atoms with van der Waals surface area (Å²) in [5.74, 6) is 1.37. The molecule has 0 heterocycles. The van der Waals surface area contributed by atoms with E-state index in [0.29, 0.717) is 23.6 Å². The number of ether oxygens (including phenoxy) is 2. The summed E-state index contributed by atoms with van der Waals surface area (Å²) >= 11 is 0. The minimum Gasteiger partial charge on any atom is -0.497 e. The molecule has 1 aliphatic rings. The van der Waals surface area contributed by atoms with Gasteiger partial charge in [-0.2, -0.15) is 0 Å². The van der Waals surface area contributed by atoms with E-state index in [9.17, 15) is 9.90 Å². The summed E-state index contributed by atoms with van der Waals surface area (Å²) < 4.78 is 10.4. The fraction of sp³-hybridized carbons (Fsp3) is 0.588. The predicted molar refractivity (Wildman–Crippen MR) is 87.4 cm³/mol. The molecule has 6 nitrogen and oxygen atoms in total. The largest absolute Gasteiger partial charge is 0.497 e. The number of benzene rings is 1. The summed E-state index contributed by atoms with van der Waals surface area (Å²) in [5, 5.41) is 13.2. The fourth-order valence-corrected chi connectivity index (χ4v) is 3.20. The molecule has 1 unspecified atom stereocenters. The lowest BCUT2D eigenvalue weighted by Gasteiger charge is -2.20. The van der Waals surface area contributed by atoms with E-state index in [4.69, 9.17) is 15.2 Å². The summed E-state index contributed by atoms with van der Waals surface area (Å²) in [6.07, 6.45) is 2.04. The number of hydrogen-bond donors (Lipinski definition) is 3. The van der Waals surface area contributed by atoms with Crippen molar-refractivity contribution < 1.29 is 19.4 Å². The number of amides is 1. The van der Waals surface area contributed by atoms with Crippen molar-refractivity contribution in [3.63, 3.8) is 0 Å². The number of nitrogens with one attached hydrogen (secondary N) is 1. The lowest BCUT2D eigenvalue weighted by atomic mass is 9.95. The molecule has 1 amide bonds. The summed E-state index contributed by atoms with van der Waals surface area (Å²) in [5.41, 5.74) is 6.31. The lowest BCUT2D eigenvalue weighted by molar-refractivity contribution is -0.126. The SMILES string of the molecule is COc1ccc(OC)c(C(O)CNC(=O)[C@@H]2CCC[C@@H]2CN)c1. The highest BCUT2D eigenvalue weighted by Crippen LogP contribution is 2.32. The Labute approximate surface area is 137 Å². The highest BCUT2D eigenvalue weighted by atomic mass is 16.5. The van der Waals surface area contributed by atoms with Crippen LogP contribution in [0.25, 0.3) is 0 Å². The van der Waals surface area contributed by atoms with Crippen LogP contribution in [0.3, 0.4) is 0 Å². The lowest BCUT2D eigenvalue weighted by Crippen LogP contribution is -2.37. The molecule has 0 aliphatic heterocycles. The van der Waals surface area contributed by atoms with Gasteiger partial charge in [0.15, 0.2) is 0 Å². The summed E-state index contributed by atoms with van der Waals surface area (Å²) in [6, 6.07) is 5.21. The van der Waals surface area contributed by atoms with Gasteiger partial charge in [-0.1, -0.05) is 6.42 Å². The maximum Gasteiger partial charge on any atom is 0.223 e.